The Labute approximate surface area is 173 Å². The van der Waals surface area contributed by atoms with Crippen LogP contribution in [0.1, 0.15) is 35.0 Å². The predicted molar refractivity (Wildman–Crippen MR) is 116 cm³/mol. The Hall–Kier alpha value is -3.87. The van der Waals surface area contributed by atoms with Crippen molar-refractivity contribution in [2.75, 3.05) is 11.9 Å². The number of anilines is 1. The number of hydrogen-bond acceptors (Lipinski definition) is 4. The number of primary amides is 1. The second kappa shape index (κ2) is 9.56. The van der Waals surface area contributed by atoms with E-state index in [1.54, 1.807) is 30.3 Å². The fourth-order valence-corrected chi connectivity index (χ4v) is 3.08. The largest absolute Gasteiger partial charge is 0.460 e. The van der Waals surface area contributed by atoms with Crippen LogP contribution in [0.3, 0.4) is 0 Å². The SMILES string of the molecule is CCc1oc2ccccc2c1/C=C/C(=O)Nc1ccccc1C(=O)NCCC(N)=O. The number of carbonyl (C=O) groups excluding carboxylic acids is 3. The first-order valence-electron chi connectivity index (χ1n) is 9.64. The molecule has 0 aliphatic carbocycles. The Kier molecular flexibility index (Phi) is 6.64. The van der Waals surface area contributed by atoms with E-state index in [-0.39, 0.29) is 18.9 Å². The molecule has 3 amide bonds. The third-order valence-corrected chi connectivity index (χ3v) is 4.52. The molecular weight excluding hydrogens is 382 g/mol. The number of nitrogens with one attached hydrogen (secondary N) is 2. The third-order valence-electron chi connectivity index (χ3n) is 4.52. The zero-order chi connectivity index (χ0) is 21.5. The van der Waals surface area contributed by atoms with Crippen LogP contribution in [0.4, 0.5) is 5.69 Å². The molecule has 4 N–H and O–H groups in total. The van der Waals surface area contributed by atoms with Gasteiger partial charge in [0.2, 0.25) is 11.8 Å². The average Bonchev–Trinajstić information content (AvgIpc) is 3.10. The molecule has 0 saturated carbocycles. The second-order valence-electron chi connectivity index (χ2n) is 6.63. The highest BCUT2D eigenvalue weighted by Crippen LogP contribution is 2.27. The van der Waals surface area contributed by atoms with Crippen molar-refractivity contribution in [2.24, 2.45) is 5.73 Å². The molecule has 0 aliphatic rings. The number of furan rings is 1. The van der Waals surface area contributed by atoms with Crippen molar-refractivity contribution in [3.63, 3.8) is 0 Å². The van der Waals surface area contributed by atoms with E-state index < -0.39 is 11.8 Å². The van der Waals surface area contributed by atoms with Crippen LogP contribution < -0.4 is 16.4 Å². The molecule has 3 aromatic rings. The molecule has 2 aromatic carbocycles. The molecule has 0 unspecified atom stereocenters. The summed E-state index contributed by atoms with van der Waals surface area (Å²) in [7, 11) is 0. The van der Waals surface area contributed by atoms with Gasteiger partial charge in [-0.1, -0.05) is 37.3 Å². The van der Waals surface area contributed by atoms with Crippen LogP contribution in [0.25, 0.3) is 17.0 Å². The number of benzene rings is 2. The normalized spacial score (nSPS) is 11.0. The van der Waals surface area contributed by atoms with Crippen LogP contribution in [0, 0.1) is 0 Å². The summed E-state index contributed by atoms with van der Waals surface area (Å²) in [6.07, 6.45) is 3.87. The van der Waals surface area contributed by atoms with E-state index in [2.05, 4.69) is 10.6 Å². The lowest BCUT2D eigenvalue weighted by Crippen LogP contribution is -2.28. The molecule has 0 saturated heterocycles. The van der Waals surface area contributed by atoms with Gasteiger partial charge in [0.15, 0.2) is 0 Å². The van der Waals surface area contributed by atoms with Crippen LogP contribution in [0.15, 0.2) is 59.0 Å². The molecule has 0 radical (unpaired) electrons. The van der Waals surface area contributed by atoms with Crippen LogP contribution >= 0.6 is 0 Å². The smallest absolute Gasteiger partial charge is 0.253 e. The van der Waals surface area contributed by atoms with E-state index in [4.69, 9.17) is 10.2 Å². The van der Waals surface area contributed by atoms with Crippen LogP contribution in [0.5, 0.6) is 0 Å². The summed E-state index contributed by atoms with van der Waals surface area (Å²) in [4.78, 5) is 35.7. The molecule has 1 aromatic heterocycles. The average molecular weight is 405 g/mol. The highest BCUT2D eigenvalue weighted by molar-refractivity contribution is 6.08. The van der Waals surface area contributed by atoms with Gasteiger partial charge >= 0.3 is 0 Å². The lowest BCUT2D eigenvalue weighted by Gasteiger charge is -2.10. The Morgan fingerprint density at radius 3 is 2.57 bits per heavy atom. The minimum absolute atomic E-state index is 0.0431. The van der Waals surface area contributed by atoms with Gasteiger partial charge in [-0.2, -0.15) is 0 Å². The van der Waals surface area contributed by atoms with Crippen LogP contribution in [0.2, 0.25) is 0 Å². The maximum Gasteiger partial charge on any atom is 0.253 e. The molecular formula is C23H23N3O4. The van der Waals surface area contributed by atoms with Gasteiger partial charge in [0.25, 0.3) is 5.91 Å². The zero-order valence-corrected chi connectivity index (χ0v) is 16.6. The summed E-state index contributed by atoms with van der Waals surface area (Å²) < 4.78 is 5.84. The molecule has 0 bridgehead atoms. The van der Waals surface area contributed by atoms with Crippen molar-refractivity contribution in [1.82, 2.24) is 5.32 Å². The minimum Gasteiger partial charge on any atom is -0.460 e. The van der Waals surface area contributed by atoms with E-state index in [0.717, 1.165) is 22.3 Å². The lowest BCUT2D eigenvalue weighted by atomic mass is 10.1. The number of carbonyl (C=O) groups is 3. The molecule has 0 aliphatic heterocycles. The van der Waals surface area contributed by atoms with Gasteiger partial charge in [-0.25, -0.2) is 0 Å². The van der Waals surface area contributed by atoms with Crippen molar-refractivity contribution in [2.45, 2.75) is 19.8 Å². The molecule has 3 rings (SSSR count). The second-order valence-corrected chi connectivity index (χ2v) is 6.63. The zero-order valence-electron chi connectivity index (χ0n) is 16.6. The molecule has 30 heavy (non-hydrogen) atoms. The third kappa shape index (κ3) is 4.94. The number of aryl methyl sites for hydroxylation is 1. The first-order valence-corrected chi connectivity index (χ1v) is 9.64. The number of fused-ring (bicyclic) bond motifs is 1. The number of rotatable bonds is 8. The lowest BCUT2D eigenvalue weighted by molar-refractivity contribution is -0.118. The van der Waals surface area contributed by atoms with Crippen LogP contribution in [-0.4, -0.2) is 24.3 Å². The molecule has 1 heterocycles. The molecule has 7 nitrogen and oxygen atoms in total. The highest BCUT2D eigenvalue weighted by Gasteiger charge is 2.13. The Morgan fingerprint density at radius 1 is 1.07 bits per heavy atom. The highest BCUT2D eigenvalue weighted by atomic mass is 16.3. The Balaban J connectivity index is 1.74. The molecule has 0 atom stereocenters. The van der Waals surface area contributed by atoms with Crippen molar-refractivity contribution in [3.05, 3.63) is 71.5 Å². The summed E-state index contributed by atoms with van der Waals surface area (Å²) in [5.74, 6) is -0.473. The first kappa shape index (κ1) is 20.9. The molecule has 7 heteroatoms. The van der Waals surface area contributed by atoms with Gasteiger partial charge in [-0.3, -0.25) is 14.4 Å². The Morgan fingerprint density at radius 2 is 1.80 bits per heavy atom. The van der Waals surface area contributed by atoms with Gasteiger partial charge in [0, 0.05) is 36.4 Å². The van der Waals surface area contributed by atoms with Crippen molar-refractivity contribution < 1.29 is 18.8 Å². The van der Waals surface area contributed by atoms with Crippen molar-refractivity contribution in [1.29, 1.82) is 0 Å². The summed E-state index contributed by atoms with van der Waals surface area (Å²) in [6.45, 7) is 2.12. The number of amides is 3. The van der Waals surface area contributed by atoms with Crippen molar-refractivity contribution in [3.8, 4) is 0 Å². The molecule has 0 fully saturated rings. The maximum atomic E-state index is 12.5. The molecule has 0 spiro atoms. The topological polar surface area (TPSA) is 114 Å². The number of para-hydroxylation sites is 2. The quantitative estimate of drug-likeness (QED) is 0.499. The number of nitrogens with two attached hydrogens (primary N) is 1. The van der Waals surface area contributed by atoms with Gasteiger partial charge in [0.1, 0.15) is 11.3 Å². The molecule has 154 valence electrons. The van der Waals surface area contributed by atoms with Gasteiger partial charge < -0.3 is 20.8 Å². The minimum atomic E-state index is -0.500. The van der Waals surface area contributed by atoms with E-state index in [9.17, 15) is 14.4 Å². The first-order chi connectivity index (χ1) is 14.5. The number of hydrogen-bond donors (Lipinski definition) is 3. The summed E-state index contributed by atoms with van der Waals surface area (Å²) in [5, 5.41) is 6.28. The van der Waals surface area contributed by atoms with E-state index in [1.165, 1.54) is 6.08 Å². The Bertz CT molecular complexity index is 1110. The fourth-order valence-electron chi connectivity index (χ4n) is 3.08. The summed E-state index contributed by atoms with van der Waals surface area (Å²) >= 11 is 0. The summed E-state index contributed by atoms with van der Waals surface area (Å²) in [5.41, 5.74) is 7.38. The standard InChI is InChI=1S/C23H23N3O4/c1-2-19-16(15-7-4-6-10-20(15)30-19)11-12-22(28)26-18-9-5-3-8-17(18)23(29)25-14-13-21(24)27/h3-12H,2,13-14H2,1H3,(H2,24,27)(H,25,29)(H,26,28)/b12-11+. The van der Waals surface area contributed by atoms with Crippen LogP contribution in [-0.2, 0) is 16.0 Å². The predicted octanol–water partition coefficient (Wildman–Crippen LogP) is 3.25. The van der Waals surface area contributed by atoms with Gasteiger partial charge in [0.05, 0.1) is 11.3 Å². The van der Waals surface area contributed by atoms with E-state index >= 15 is 0 Å². The van der Waals surface area contributed by atoms with Gasteiger partial charge in [-0.05, 0) is 24.3 Å². The fraction of sp³-hybridized carbons (Fsp3) is 0.174. The van der Waals surface area contributed by atoms with Crippen molar-refractivity contribution >= 4 is 40.5 Å². The van der Waals surface area contributed by atoms with E-state index in [1.807, 2.05) is 31.2 Å². The van der Waals surface area contributed by atoms with Gasteiger partial charge in [-0.15, -0.1) is 0 Å². The summed E-state index contributed by atoms with van der Waals surface area (Å²) in [6, 6.07) is 14.3. The maximum absolute atomic E-state index is 12.5. The van der Waals surface area contributed by atoms with E-state index in [0.29, 0.717) is 17.7 Å². The monoisotopic (exact) mass is 405 g/mol.